The van der Waals surface area contributed by atoms with E-state index in [4.69, 9.17) is 4.98 Å². The third-order valence-electron chi connectivity index (χ3n) is 4.04. The van der Waals surface area contributed by atoms with Crippen molar-refractivity contribution in [2.75, 3.05) is 20.1 Å². The van der Waals surface area contributed by atoms with Crippen LogP contribution in [0.25, 0.3) is 16.6 Å². The van der Waals surface area contributed by atoms with Crippen LogP contribution in [0.15, 0.2) is 36.7 Å². The Morgan fingerprint density at radius 3 is 3.00 bits per heavy atom. The third-order valence-corrected chi connectivity index (χ3v) is 4.04. The van der Waals surface area contributed by atoms with Gasteiger partial charge in [-0.25, -0.2) is 4.98 Å². The summed E-state index contributed by atoms with van der Waals surface area (Å²) in [6, 6.07) is 8.40. The molecule has 3 aromatic rings. The first kappa shape index (κ1) is 11.5. The molecule has 0 bridgehead atoms. The van der Waals surface area contributed by atoms with Crippen LogP contribution in [0.4, 0.5) is 0 Å². The van der Waals surface area contributed by atoms with Gasteiger partial charge in [0, 0.05) is 17.8 Å². The van der Waals surface area contributed by atoms with Crippen molar-refractivity contribution in [2.24, 2.45) is 0 Å². The van der Waals surface area contributed by atoms with E-state index in [-0.39, 0.29) is 0 Å². The Bertz CT molecular complexity index is 857. The summed E-state index contributed by atoms with van der Waals surface area (Å²) in [4.78, 5) is 4.85. The van der Waals surface area contributed by atoms with E-state index in [9.17, 15) is 0 Å². The lowest BCUT2D eigenvalue weighted by molar-refractivity contribution is -0.485. The van der Waals surface area contributed by atoms with Gasteiger partial charge in [-0.1, -0.05) is 12.1 Å². The minimum absolute atomic E-state index is 0.991. The molecule has 0 radical (unpaired) electrons. The van der Waals surface area contributed by atoms with Gasteiger partial charge in [0.25, 0.3) is 5.84 Å². The van der Waals surface area contributed by atoms with Gasteiger partial charge in [0.1, 0.15) is 18.7 Å². The Morgan fingerprint density at radius 1 is 1.30 bits per heavy atom. The molecular formula is C16H17N4+. The Balaban J connectivity index is 2.12. The van der Waals surface area contributed by atoms with E-state index < -0.39 is 0 Å². The van der Waals surface area contributed by atoms with Crippen molar-refractivity contribution < 1.29 is 4.58 Å². The number of likely N-dealkylation sites (N-methyl/N-ethyl adjacent to an activating group) is 1. The van der Waals surface area contributed by atoms with Gasteiger partial charge in [-0.2, -0.15) is 0 Å². The van der Waals surface area contributed by atoms with Crippen LogP contribution >= 0.6 is 0 Å². The number of hydrogen-bond acceptors (Lipinski definition) is 2. The van der Waals surface area contributed by atoms with Crippen LogP contribution in [0, 0.1) is 6.92 Å². The summed E-state index contributed by atoms with van der Waals surface area (Å²) in [5, 5.41) is 4.66. The number of nitrogens with zero attached hydrogens (tertiary/aromatic N) is 3. The number of nitrogens with one attached hydrogen (secondary N) is 1. The van der Waals surface area contributed by atoms with Gasteiger partial charge in [0.15, 0.2) is 0 Å². The van der Waals surface area contributed by atoms with Crippen molar-refractivity contribution in [1.29, 1.82) is 0 Å². The van der Waals surface area contributed by atoms with E-state index >= 15 is 0 Å². The zero-order chi connectivity index (χ0) is 13.7. The second-order valence-electron chi connectivity index (χ2n) is 5.41. The lowest BCUT2D eigenvalue weighted by atomic mass is 10.0. The van der Waals surface area contributed by atoms with Crippen LogP contribution in [0.2, 0.25) is 0 Å². The zero-order valence-electron chi connectivity index (χ0n) is 11.7. The highest BCUT2D eigenvalue weighted by molar-refractivity contribution is 6.07. The van der Waals surface area contributed by atoms with Crippen LogP contribution < -0.4 is 5.32 Å². The molecule has 4 heteroatoms. The lowest BCUT2D eigenvalue weighted by Crippen LogP contribution is -2.24. The Hall–Kier alpha value is -2.36. The number of amidine groups is 1. The second-order valence-corrected chi connectivity index (χ2v) is 5.41. The standard InChI is InChI=1S/C16H16N4/c1-11-5-6-12-10-20-8-3-4-13(20)18-15(12)14(11)16-17-7-9-19(16)2/h3-6,8,10H,7,9H2,1-2H3/p+1. The van der Waals surface area contributed by atoms with Gasteiger partial charge in [0.05, 0.1) is 18.1 Å². The summed E-state index contributed by atoms with van der Waals surface area (Å²) in [6.07, 6.45) is 4.19. The van der Waals surface area contributed by atoms with E-state index in [0.29, 0.717) is 0 Å². The Kier molecular flexibility index (Phi) is 2.33. The number of rotatable bonds is 1. The molecule has 0 saturated carbocycles. The predicted octanol–water partition coefficient (Wildman–Crippen LogP) is 1.79. The van der Waals surface area contributed by atoms with Crippen molar-refractivity contribution >= 4 is 22.4 Å². The Labute approximate surface area is 117 Å². The van der Waals surface area contributed by atoms with E-state index in [1.165, 1.54) is 22.3 Å². The predicted molar refractivity (Wildman–Crippen MR) is 80.6 cm³/mol. The average molecular weight is 265 g/mol. The molecule has 4 rings (SSSR count). The van der Waals surface area contributed by atoms with Crippen molar-refractivity contribution in [3.63, 3.8) is 0 Å². The molecule has 4 nitrogen and oxygen atoms in total. The van der Waals surface area contributed by atoms with Gasteiger partial charge in [0.2, 0.25) is 0 Å². The molecule has 3 heterocycles. The largest absolute Gasteiger partial charge is 0.308 e. The molecule has 1 N–H and O–H groups in total. The highest BCUT2D eigenvalue weighted by Gasteiger charge is 2.24. The fraction of sp³-hybridized carbons (Fsp3) is 0.250. The number of benzene rings is 1. The van der Waals surface area contributed by atoms with Crippen molar-refractivity contribution in [3.8, 4) is 0 Å². The van der Waals surface area contributed by atoms with E-state index in [1.54, 1.807) is 0 Å². The first-order valence-electron chi connectivity index (χ1n) is 6.93. The van der Waals surface area contributed by atoms with E-state index in [2.05, 4.69) is 46.6 Å². The molecule has 0 amide bonds. The molecule has 0 spiro atoms. The van der Waals surface area contributed by atoms with Crippen molar-refractivity contribution in [3.05, 3.63) is 47.8 Å². The molecule has 100 valence electrons. The molecule has 0 atom stereocenters. The van der Waals surface area contributed by atoms with E-state index in [1.807, 2.05) is 18.3 Å². The molecule has 1 aliphatic rings. The van der Waals surface area contributed by atoms with Crippen molar-refractivity contribution in [2.45, 2.75) is 6.92 Å². The van der Waals surface area contributed by atoms with Crippen LogP contribution in [0.1, 0.15) is 11.1 Å². The molecule has 2 aromatic heterocycles. The molecule has 0 saturated heterocycles. The van der Waals surface area contributed by atoms with Crippen LogP contribution in [0.5, 0.6) is 0 Å². The maximum absolute atomic E-state index is 4.85. The van der Waals surface area contributed by atoms with Crippen LogP contribution in [0.3, 0.4) is 0 Å². The highest BCUT2D eigenvalue weighted by Crippen LogP contribution is 2.22. The Morgan fingerprint density at radius 2 is 2.20 bits per heavy atom. The smallest absolute Gasteiger partial charge is 0.279 e. The van der Waals surface area contributed by atoms with Gasteiger partial charge in [-0.3, -0.25) is 9.89 Å². The monoisotopic (exact) mass is 265 g/mol. The van der Waals surface area contributed by atoms with Gasteiger partial charge >= 0.3 is 0 Å². The fourth-order valence-electron chi connectivity index (χ4n) is 2.95. The molecule has 20 heavy (non-hydrogen) atoms. The SMILES string of the molecule is Cc1ccc2cn3cccc3nc2c1C1=[N+](C)CCN1. The summed E-state index contributed by atoms with van der Waals surface area (Å²) in [5.74, 6) is 1.19. The number of hydrogen-bond donors (Lipinski definition) is 1. The van der Waals surface area contributed by atoms with Crippen molar-refractivity contribution in [1.82, 2.24) is 14.7 Å². The maximum Gasteiger partial charge on any atom is 0.279 e. The molecule has 0 fully saturated rings. The summed E-state index contributed by atoms with van der Waals surface area (Å²) < 4.78 is 4.34. The number of aryl methyl sites for hydroxylation is 1. The number of fused-ring (bicyclic) bond motifs is 2. The summed E-state index contributed by atoms with van der Waals surface area (Å²) in [7, 11) is 2.13. The zero-order valence-corrected chi connectivity index (χ0v) is 11.7. The molecule has 0 unspecified atom stereocenters. The average Bonchev–Trinajstić information content (AvgIpc) is 3.05. The minimum Gasteiger partial charge on any atom is -0.308 e. The van der Waals surface area contributed by atoms with Gasteiger partial charge < -0.3 is 4.40 Å². The first-order chi connectivity index (χ1) is 9.74. The summed E-state index contributed by atoms with van der Waals surface area (Å²) in [6.45, 7) is 4.19. The molecule has 1 aromatic carbocycles. The highest BCUT2D eigenvalue weighted by atomic mass is 15.2. The summed E-state index contributed by atoms with van der Waals surface area (Å²) in [5.41, 5.74) is 4.56. The van der Waals surface area contributed by atoms with Crippen LogP contribution in [-0.4, -0.2) is 39.9 Å². The maximum atomic E-state index is 4.85. The molecular weight excluding hydrogens is 248 g/mol. The molecule has 0 aliphatic carbocycles. The van der Waals surface area contributed by atoms with Gasteiger partial charge in [-0.15, -0.1) is 0 Å². The topological polar surface area (TPSA) is 32.3 Å². The van der Waals surface area contributed by atoms with Crippen LogP contribution in [-0.2, 0) is 0 Å². The lowest BCUT2D eigenvalue weighted by Gasteiger charge is -2.08. The fourth-order valence-corrected chi connectivity index (χ4v) is 2.95. The molecule has 1 aliphatic heterocycles. The second kappa shape index (κ2) is 4.07. The van der Waals surface area contributed by atoms with E-state index in [0.717, 1.165) is 24.3 Å². The summed E-state index contributed by atoms with van der Waals surface area (Å²) >= 11 is 0. The minimum atomic E-state index is 0.991. The normalized spacial score (nSPS) is 15.3. The quantitative estimate of drug-likeness (QED) is 0.680. The first-order valence-corrected chi connectivity index (χ1v) is 6.93. The number of aromatic nitrogens is 2. The van der Waals surface area contributed by atoms with Gasteiger partial charge in [-0.05, 0) is 24.6 Å². The third kappa shape index (κ3) is 1.54.